The van der Waals surface area contributed by atoms with Crippen LogP contribution in [0.3, 0.4) is 0 Å². The van der Waals surface area contributed by atoms with E-state index in [-0.39, 0.29) is 12.1 Å². The van der Waals surface area contributed by atoms with Crippen LogP contribution in [0.4, 0.5) is 27.6 Å². The molecular weight excluding hydrogens is 337 g/mol. The molecule has 1 aliphatic rings. The second-order valence-corrected chi connectivity index (χ2v) is 5.75. The fourth-order valence-electron chi connectivity index (χ4n) is 2.53. The Hall–Kier alpha value is -1.81. The monoisotopic (exact) mass is 353 g/mol. The third kappa shape index (κ3) is 3.81. The van der Waals surface area contributed by atoms with E-state index in [0.29, 0.717) is 38.3 Å². The lowest BCUT2D eigenvalue weighted by Gasteiger charge is -2.33. The molecule has 0 atom stereocenters. The molecule has 10 heteroatoms. The van der Waals surface area contributed by atoms with Crippen LogP contribution in [0.1, 0.15) is 11.1 Å². The molecule has 5 nitrogen and oxygen atoms in total. The number of nitro groups is 1. The number of rotatable bonds is 4. The van der Waals surface area contributed by atoms with Gasteiger partial charge in [0.25, 0.3) is 5.69 Å². The average molecular weight is 353 g/mol. The highest BCUT2D eigenvalue weighted by Crippen LogP contribution is 2.45. The van der Waals surface area contributed by atoms with Crippen molar-refractivity contribution in [1.82, 2.24) is 9.80 Å². The molecule has 0 N–H and O–H groups in total. The van der Waals surface area contributed by atoms with Crippen molar-refractivity contribution < 1.29 is 26.9 Å². The van der Waals surface area contributed by atoms with Crippen LogP contribution < -0.4 is 0 Å². The minimum Gasteiger partial charge on any atom is -0.304 e. The smallest absolute Gasteiger partial charge is 0.304 e. The number of hydrogen-bond acceptors (Lipinski definition) is 4. The van der Waals surface area contributed by atoms with Crippen LogP contribution >= 0.6 is 0 Å². The quantitative estimate of drug-likeness (QED) is 0.474. The summed E-state index contributed by atoms with van der Waals surface area (Å²) >= 11 is 0. The number of nitro benzene ring substituents is 1. The van der Waals surface area contributed by atoms with Gasteiger partial charge in [-0.1, -0.05) is 0 Å². The second kappa shape index (κ2) is 6.60. The summed E-state index contributed by atoms with van der Waals surface area (Å²) in [7, 11) is 1.87. The Morgan fingerprint density at radius 1 is 1.12 bits per heavy atom. The summed E-state index contributed by atoms with van der Waals surface area (Å²) in [6.45, 7) is 2.04. The van der Waals surface area contributed by atoms with Gasteiger partial charge in [0.1, 0.15) is 0 Å². The van der Waals surface area contributed by atoms with Gasteiger partial charge in [-0.3, -0.25) is 15.0 Å². The predicted molar refractivity (Wildman–Crippen MR) is 75.8 cm³/mol. The molecule has 1 aliphatic heterocycles. The summed E-state index contributed by atoms with van der Waals surface area (Å²) in [5.74, 6) is -5.07. The Kier molecular flexibility index (Phi) is 5.09. The van der Waals surface area contributed by atoms with Gasteiger partial charge in [0.15, 0.2) is 0 Å². The molecule has 0 radical (unpaired) electrons. The maximum Gasteiger partial charge on any atom is 0.458 e. The zero-order valence-electron chi connectivity index (χ0n) is 12.8. The first kappa shape index (κ1) is 18.5. The molecule has 1 saturated heterocycles. The van der Waals surface area contributed by atoms with Crippen molar-refractivity contribution in [2.45, 2.75) is 18.6 Å². The van der Waals surface area contributed by atoms with Crippen LogP contribution in [0.25, 0.3) is 0 Å². The maximum absolute atomic E-state index is 13.8. The summed E-state index contributed by atoms with van der Waals surface area (Å²) < 4.78 is 65.6. The highest BCUT2D eigenvalue weighted by molar-refractivity contribution is 5.42. The predicted octanol–water partition coefficient (Wildman–Crippen LogP) is 3.00. The molecule has 1 aromatic carbocycles. The van der Waals surface area contributed by atoms with Crippen molar-refractivity contribution in [3.8, 4) is 0 Å². The van der Waals surface area contributed by atoms with Gasteiger partial charge in [-0.2, -0.15) is 22.0 Å². The van der Waals surface area contributed by atoms with E-state index in [4.69, 9.17) is 0 Å². The standard InChI is InChI=1S/C14H16F5N3O2/c1-20-4-6-21(7-5-20)9-10-8-11(22(23)24)2-3-12(10)13(15,16)14(17,18)19/h2-3,8H,4-7,9H2,1H3. The molecule has 0 aromatic heterocycles. The fraction of sp³-hybridized carbons (Fsp3) is 0.571. The van der Waals surface area contributed by atoms with Crippen LogP contribution in [-0.4, -0.2) is 54.1 Å². The van der Waals surface area contributed by atoms with Gasteiger partial charge < -0.3 is 4.90 Å². The number of alkyl halides is 5. The molecule has 134 valence electrons. The molecule has 1 fully saturated rings. The van der Waals surface area contributed by atoms with E-state index in [0.717, 1.165) is 6.07 Å². The van der Waals surface area contributed by atoms with Crippen molar-refractivity contribution >= 4 is 5.69 Å². The molecule has 0 aliphatic carbocycles. The first-order valence-corrected chi connectivity index (χ1v) is 7.15. The van der Waals surface area contributed by atoms with E-state index in [1.54, 1.807) is 4.90 Å². The minimum atomic E-state index is -5.76. The molecule has 0 saturated carbocycles. The highest BCUT2D eigenvalue weighted by Gasteiger charge is 2.59. The number of piperazine rings is 1. The van der Waals surface area contributed by atoms with E-state index in [2.05, 4.69) is 0 Å². The molecule has 0 unspecified atom stereocenters. The van der Waals surface area contributed by atoms with Crippen LogP contribution in [0.5, 0.6) is 0 Å². The molecule has 1 aromatic rings. The van der Waals surface area contributed by atoms with Gasteiger partial charge in [0, 0.05) is 50.4 Å². The summed E-state index contributed by atoms with van der Waals surface area (Å²) in [6, 6.07) is 1.97. The number of halogens is 5. The van der Waals surface area contributed by atoms with E-state index < -0.39 is 28.3 Å². The van der Waals surface area contributed by atoms with E-state index in [1.807, 2.05) is 11.9 Å². The van der Waals surface area contributed by atoms with Crippen molar-refractivity contribution in [3.05, 3.63) is 39.4 Å². The molecule has 1 heterocycles. The Balaban J connectivity index is 2.38. The zero-order chi connectivity index (χ0) is 18.1. The van der Waals surface area contributed by atoms with Crippen molar-refractivity contribution in [3.63, 3.8) is 0 Å². The largest absolute Gasteiger partial charge is 0.458 e. The molecular formula is C14H16F5N3O2. The highest BCUT2D eigenvalue weighted by atomic mass is 19.4. The molecule has 24 heavy (non-hydrogen) atoms. The Morgan fingerprint density at radius 3 is 2.21 bits per heavy atom. The molecule has 2 rings (SSSR count). The number of benzene rings is 1. The normalized spacial score (nSPS) is 17.9. The fourth-order valence-corrected chi connectivity index (χ4v) is 2.53. The van der Waals surface area contributed by atoms with Gasteiger partial charge in [-0.05, 0) is 18.7 Å². The second-order valence-electron chi connectivity index (χ2n) is 5.75. The number of hydrogen-bond donors (Lipinski definition) is 0. The maximum atomic E-state index is 13.8. The van der Waals surface area contributed by atoms with Crippen LogP contribution in [0.2, 0.25) is 0 Å². The number of likely N-dealkylation sites (N-methyl/N-ethyl adjacent to an activating group) is 1. The third-order valence-electron chi connectivity index (χ3n) is 3.98. The molecule has 0 spiro atoms. The van der Waals surface area contributed by atoms with Crippen molar-refractivity contribution in [2.75, 3.05) is 33.2 Å². The Morgan fingerprint density at radius 2 is 1.71 bits per heavy atom. The Labute approximate surface area is 134 Å². The first-order valence-electron chi connectivity index (χ1n) is 7.15. The van der Waals surface area contributed by atoms with Crippen molar-refractivity contribution in [2.24, 2.45) is 0 Å². The van der Waals surface area contributed by atoms with Crippen LogP contribution in [0, 0.1) is 10.1 Å². The first-order chi connectivity index (χ1) is 11.0. The van der Waals surface area contributed by atoms with Crippen LogP contribution in [-0.2, 0) is 12.5 Å². The van der Waals surface area contributed by atoms with E-state index in [9.17, 15) is 32.1 Å². The average Bonchev–Trinajstić information content (AvgIpc) is 2.48. The summed E-state index contributed by atoms with van der Waals surface area (Å²) in [5.41, 5.74) is -2.13. The lowest BCUT2D eigenvalue weighted by molar-refractivity contribution is -0.385. The lowest BCUT2D eigenvalue weighted by Crippen LogP contribution is -2.44. The third-order valence-corrected chi connectivity index (χ3v) is 3.98. The Bertz CT molecular complexity index is 613. The summed E-state index contributed by atoms with van der Waals surface area (Å²) in [5, 5.41) is 10.8. The van der Waals surface area contributed by atoms with E-state index >= 15 is 0 Å². The zero-order valence-corrected chi connectivity index (χ0v) is 12.8. The summed E-state index contributed by atoms with van der Waals surface area (Å²) in [4.78, 5) is 13.7. The van der Waals surface area contributed by atoms with Crippen molar-refractivity contribution in [1.29, 1.82) is 0 Å². The SMILES string of the molecule is CN1CCN(Cc2cc([N+](=O)[O-])ccc2C(F)(F)C(F)(F)F)CC1. The molecule has 0 amide bonds. The summed E-state index contributed by atoms with van der Waals surface area (Å²) in [6.07, 6.45) is -5.76. The van der Waals surface area contributed by atoms with Gasteiger partial charge >= 0.3 is 12.1 Å². The van der Waals surface area contributed by atoms with E-state index in [1.165, 1.54) is 0 Å². The van der Waals surface area contributed by atoms with Gasteiger partial charge in [0.05, 0.1) is 4.92 Å². The minimum absolute atomic E-state index is 0.198. The van der Waals surface area contributed by atoms with Gasteiger partial charge in [-0.15, -0.1) is 0 Å². The van der Waals surface area contributed by atoms with Crippen LogP contribution in [0.15, 0.2) is 18.2 Å². The van der Waals surface area contributed by atoms with Gasteiger partial charge in [0.2, 0.25) is 0 Å². The van der Waals surface area contributed by atoms with Gasteiger partial charge in [-0.25, -0.2) is 0 Å². The number of nitrogens with zero attached hydrogens (tertiary/aromatic N) is 3. The molecule has 0 bridgehead atoms. The number of non-ortho nitro benzene ring substituents is 1. The lowest BCUT2D eigenvalue weighted by atomic mass is 9.99. The topological polar surface area (TPSA) is 49.6 Å².